The standard InChI is InChI=1S/C13H17ClF3N/c1-3-18-11(7-8-13(15,16)17)10-6-4-5-9(2)12(10)14/h4-6,11,18H,3,7-8H2,1-2H3. The van der Waals surface area contributed by atoms with Crippen molar-refractivity contribution >= 4 is 11.6 Å². The Bertz CT molecular complexity index is 390. The van der Waals surface area contributed by atoms with Crippen LogP contribution in [0, 0.1) is 6.92 Å². The number of hydrogen-bond donors (Lipinski definition) is 1. The maximum Gasteiger partial charge on any atom is 0.389 e. The molecule has 0 spiro atoms. The Balaban J connectivity index is 2.87. The summed E-state index contributed by atoms with van der Waals surface area (Å²) in [6.45, 7) is 4.32. The van der Waals surface area contributed by atoms with Gasteiger partial charge in [0.15, 0.2) is 0 Å². The number of hydrogen-bond acceptors (Lipinski definition) is 1. The Hall–Kier alpha value is -0.740. The quantitative estimate of drug-likeness (QED) is 0.828. The van der Waals surface area contributed by atoms with Gasteiger partial charge in [-0.05, 0) is 31.0 Å². The molecule has 0 aliphatic rings. The van der Waals surface area contributed by atoms with Crippen LogP contribution in [0.2, 0.25) is 5.02 Å². The SMILES string of the molecule is CCNC(CCC(F)(F)F)c1cccc(C)c1Cl. The lowest BCUT2D eigenvalue weighted by molar-refractivity contribution is -0.136. The van der Waals surface area contributed by atoms with Gasteiger partial charge in [0.25, 0.3) is 0 Å². The predicted octanol–water partition coefficient (Wildman–Crippen LogP) is 4.64. The topological polar surface area (TPSA) is 12.0 Å². The van der Waals surface area contributed by atoms with Crippen LogP contribution in [-0.2, 0) is 0 Å². The van der Waals surface area contributed by atoms with Crippen LogP contribution in [-0.4, -0.2) is 12.7 Å². The molecule has 0 aliphatic heterocycles. The van der Waals surface area contributed by atoms with Gasteiger partial charge in [0.2, 0.25) is 0 Å². The zero-order valence-electron chi connectivity index (χ0n) is 10.4. The van der Waals surface area contributed by atoms with E-state index in [4.69, 9.17) is 11.6 Å². The number of rotatable bonds is 5. The van der Waals surface area contributed by atoms with Gasteiger partial charge < -0.3 is 5.32 Å². The Morgan fingerprint density at radius 3 is 2.56 bits per heavy atom. The van der Waals surface area contributed by atoms with Crippen molar-refractivity contribution in [2.75, 3.05) is 6.54 Å². The first-order valence-corrected chi connectivity index (χ1v) is 6.28. The van der Waals surface area contributed by atoms with Crippen LogP contribution in [0.3, 0.4) is 0 Å². The van der Waals surface area contributed by atoms with Crippen LogP contribution in [0.15, 0.2) is 18.2 Å². The van der Waals surface area contributed by atoms with Crippen molar-refractivity contribution in [3.8, 4) is 0 Å². The summed E-state index contributed by atoms with van der Waals surface area (Å²) in [5, 5.41) is 3.60. The van der Waals surface area contributed by atoms with Crippen LogP contribution in [0.4, 0.5) is 13.2 Å². The molecule has 0 aromatic heterocycles. The average Bonchev–Trinajstić information content (AvgIpc) is 2.27. The van der Waals surface area contributed by atoms with E-state index in [2.05, 4.69) is 5.32 Å². The molecule has 0 aliphatic carbocycles. The molecule has 102 valence electrons. The van der Waals surface area contributed by atoms with Gasteiger partial charge in [0, 0.05) is 17.5 Å². The summed E-state index contributed by atoms with van der Waals surface area (Å²) < 4.78 is 36.9. The summed E-state index contributed by atoms with van der Waals surface area (Å²) in [4.78, 5) is 0. The first-order chi connectivity index (χ1) is 8.35. The summed E-state index contributed by atoms with van der Waals surface area (Å²) >= 11 is 6.15. The Morgan fingerprint density at radius 2 is 2.00 bits per heavy atom. The second kappa shape index (κ2) is 6.43. The van der Waals surface area contributed by atoms with Gasteiger partial charge in [-0.1, -0.05) is 36.7 Å². The zero-order valence-corrected chi connectivity index (χ0v) is 11.2. The van der Waals surface area contributed by atoms with E-state index in [1.165, 1.54) is 0 Å². The van der Waals surface area contributed by atoms with Gasteiger partial charge in [0.1, 0.15) is 0 Å². The van der Waals surface area contributed by atoms with Gasteiger partial charge in [-0.15, -0.1) is 0 Å². The monoisotopic (exact) mass is 279 g/mol. The molecule has 0 saturated carbocycles. The summed E-state index contributed by atoms with van der Waals surface area (Å²) in [5.41, 5.74) is 1.62. The highest BCUT2D eigenvalue weighted by Crippen LogP contribution is 2.32. The fourth-order valence-corrected chi connectivity index (χ4v) is 2.12. The zero-order chi connectivity index (χ0) is 13.8. The van der Waals surface area contributed by atoms with Gasteiger partial charge in [-0.25, -0.2) is 0 Å². The van der Waals surface area contributed by atoms with Crippen LogP contribution < -0.4 is 5.32 Å². The molecule has 0 heterocycles. The summed E-state index contributed by atoms with van der Waals surface area (Å²) in [5.74, 6) is 0. The van der Waals surface area contributed by atoms with E-state index in [9.17, 15) is 13.2 Å². The molecule has 1 N–H and O–H groups in total. The second-order valence-corrected chi connectivity index (χ2v) is 4.62. The first-order valence-electron chi connectivity index (χ1n) is 5.90. The lowest BCUT2D eigenvalue weighted by Gasteiger charge is -2.21. The van der Waals surface area contributed by atoms with Crippen LogP contribution in [0.25, 0.3) is 0 Å². The van der Waals surface area contributed by atoms with Crippen LogP contribution >= 0.6 is 11.6 Å². The molecule has 0 radical (unpaired) electrons. The molecule has 1 atom stereocenters. The van der Waals surface area contributed by atoms with E-state index in [1.807, 2.05) is 26.0 Å². The van der Waals surface area contributed by atoms with Crippen LogP contribution in [0.1, 0.15) is 36.9 Å². The van der Waals surface area contributed by atoms with E-state index >= 15 is 0 Å². The molecule has 0 bridgehead atoms. The Labute approximate surface area is 110 Å². The minimum absolute atomic E-state index is 0.000509. The van der Waals surface area contributed by atoms with Crippen molar-refractivity contribution in [2.45, 2.75) is 38.9 Å². The number of nitrogens with one attached hydrogen (secondary N) is 1. The number of alkyl halides is 3. The minimum atomic E-state index is -4.13. The van der Waals surface area contributed by atoms with Gasteiger partial charge in [0.05, 0.1) is 0 Å². The number of aryl methyl sites for hydroxylation is 1. The van der Waals surface area contributed by atoms with Gasteiger partial charge >= 0.3 is 6.18 Å². The van der Waals surface area contributed by atoms with Crippen molar-refractivity contribution in [3.05, 3.63) is 34.3 Å². The summed E-state index contributed by atoms with van der Waals surface area (Å²) in [7, 11) is 0. The van der Waals surface area contributed by atoms with E-state index in [0.717, 1.165) is 11.1 Å². The predicted molar refractivity (Wildman–Crippen MR) is 67.9 cm³/mol. The highest BCUT2D eigenvalue weighted by Gasteiger charge is 2.29. The maximum atomic E-state index is 12.3. The second-order valence-electron chi connectivity index (χ2n) is 4.24. The third-order valence-corrected chi connectivity index (χ3v) is 3.28. The Kier molecular flexibility index (Phi) is 5.47. The molecular formula is C13H17ClF3N. The highest BCUT2D eigenvalue weighted by molar-refractivity contribution is 6.32. The minimum Gasteiger partial charge on any atom is -0.310 e. The smallest absolute Gasteiger partial charge is 0.310 e. The van der Waals surface area contributed by atoms with Crippen molar-refractivity contribution in [3.63, 3.8) is 0 Å². The lowest BCUT2D eigenvalue weighted by Crippen LogP contribution is -2.23. The maximum absolute atomic E-state index is 12.3. The first kappa shape index (κ1) is 15.3. The molecule has 1 aromatic carbocycles. The molecule has 18 heavy (non-hydrogen) atoms. The third kappa shape index (κ3) is 4.50. The molecule has 1 aromatic rings. The summed E-state index contributed by atoms with van der Waals surface area (Å²) in [6, 6.07) is 5.08. The van der Waals surface area contributed by atoms with Crippen molar-refractivity contribution in [1.29, 1.82) is 0 Å². The molecule has 5 heteroatoms. The molecule has 1 rings (SSSR count). The van der Waals surface area contributed by atoms with Crippen LogP contribution in [0.5, 0.6) is 0 Å². The van der Waals surface area contributed by atoms with E-state index in [1.54, 1.807) is 6.07 Å². The molecule has 0 fully saturated rings. The van der Waals surface area contributed by atoms with E-state index in [-0.39, 0.29) is 12.5 Å². The molecule has 0 amide bonds. The largest absolute Gasteiger partial charge is 0.389 e. The molecule has 1 unspecified atom stereocenters. The highest BCUT2D eigenvalue weighted by atomic mass is 35.5. The number of benzene rings is 1. The molecule has 0 saturated heterocycles. The average molecular weight is 280 g/mol. The summed E-state index contributed by atoms with van der Waals surface area (Å²) in [6.07, 6.45) is -4.95. The molecule has 1 nitrogen and oxygen atoms in total. The van der Waals surface area contributed by atoms with Crippen molar-refractivity contribution in [2.24, 2.45) is 0 Å². The fourth-order valence-electron chi connectivity index (χ4n) is 1.86. The lowest BCUT2D eigenvalue weighted by atomic mass is 10.00. The van der Waals surface area contributed by atoms with Crippen molar-refractivity contribution < 1.29 is 13.2 Å². The van der Waals surface area contributed by atoms with Gasteiger partial charge in [-0.2, -0.15) is 13.2 Å². The normalized spacial score (nSPS) is 13.7. The van der Waals surface area contributed by atoms with E-state index in [0.29, 0.717) is 11.6 Å². The molecular weight excluding hydrogens is 263 g/mol. The van der Waals surface area contributed by atoms with Gasteiger partial charge in [-0.3, -0.25) is 0 Å². The van der Waals surface area contributed by atoms with Crippen molar-refractivity contribution in [1.82, 2.24) is 5.32 Å². The Morgan fingerprint density at radius 1 is 1.33 bits per heavy atom. The fraction of sp³-hybridized carbons (Fsp3) is 0.538. The third-order valence-electron chi connectivity index (χ3n) is 2.76. The number of halogens is 4. The van der Waals surface area contributed by atoms with E-state index < -0.39 is 12.6 Å².